The molecule has 0 bridgehead atoms. The zero-order chi connectivity index (χ0) is 18.5. The predicted molar refractivity (Wildman–Crippen MR) is 96.3 cm³/mol. The van der Waals surface area contributed by atoms with Gasteiger partial charge in [0.25, 0.3) is 0 Å². The van der Waals surface area contributed by atoms with E-state index in [4.69, 9.17) is 9.47 Å². The molecule has 2 aromatic rings. The number of sulfonamides is 1. The first-order valence-electron chi connectivity index (χ1n) is 8.05. The first kappa shape index (κ1) is 19.2. The van der Waals surface area contributed by atoms with Gasteiger partial charge in [0, 0.05) is 17.8 Å². The van der Waals surface area contributed by atoms with Crippen LogP contribution in [0.3, 0.4) is 0 Å². The zero-order valence-electron chi connectivity index (χ0n) is 14.9. The maximum atomic E-state index is 12.9. The molecule has 0 saturated heterocycles. The molecule has 25 heavy (non-hydrogen) atoms. The molecule has 136 valence electrons. The molecular weight excluding hydrogens is 340 g/mol. The predicted octanol–water partition coefficient (Wildman–Crippen LogP) is 3.14. The maximum absolute atomic E-state index is 12.9. The van der Waals surface area contributed by atoms with E-state index in [1.165, 1.54) is 12.3 Å². The Hall–Kier alpha value is -2.12. The van der Waals surface area contributed by atoms with Crippen molar-refractivity contribution in [1.82, 2.24) is 9.71 Å². The highest BCUT2D eigenvalue weighted by Gasteiger charge is 2.30. The largest absolute Gasteiger partial charge is 0.492 e. The second kappa shape index (κ2) is 7.84. The molecule has 7 heteroatoms. The molecule has 0 radical (unpaired) electrons. The first-order valence-corrected chi connectivity index (χ1v) is 9.54. The third-order valence-corrected chi connectivity index (χ3v) is 4.86. The van der Waals surface area contributed by atoms with Crippen molar-refractivity contribution in [2.24, 2.45) is 0 Å². The average Bonchev–Trinajstić information content (AvgIpc) is 2.52. The van der Waals surface area contributed by atoms with Crippen LogP contribution in [0, 0.1) is 0 Å². The number of nitrogens with zero attached hydrogens (tertiary/aromatic N) is 1. The van der Waals surface area contributed by atoms with Crippen LogP contribution in [0.15, 0.2) is 47.5 Å². The van der Waals surface area contributed by atoms with Crippen LogP contribution in [0.1, 0.15) is 33.3 Å². The van der Waals surface area contributed by atoms with Gasteiger partial charge in [-0.15, -0.1) is 0 Å². The summed E-state index contributed by atoms with van der Waals surface area (Å²) in [7, 11) is -3.87. The zero-order valence-corrected chi connectivity index (χ0v) is 15.8. The highest BCUT2D eigenvalue weighted by atomic mass is 32.2. The van der Waals surface area contributed by atoms with Crippen LogP contribution in [0.5, 0.6) is 11.6 Å². The summed E-state index contributed by atoms with van der Waals surface area (Å²) in [5.74, 6) is 0.240. The van der Waals surface area contributed by atoms with E-state index in [1.807, 2.05) is 30.3 Å². The third-order valence-electron chi connectivity index (χ3n) is 3.06. The van der Waals surface area contributed by atoms with Crippen molar-refractivity contribution in [3.05, 3.63) is 48.2 Å². The smallest absolute Gasteiger partial charge is 0.250 e. The molecular formula is C18H24N2O4S. The van der Waals surface area contributed by atoms with Crippen molar-refractivity contribution in [3.8, 4) is 11.6 Å². The summed E-state index contributed by atoms with van der Waals surface area (Å²) in [5.41, 5.74) is 0.271. The minimum absolute atomic E-state index is 0.0200. The van der Waals surface area contributed by atoms with E-state index < -0.39 is 15.6 Å². The Bertz CT molecular complexity index is 800. The lowest BCUT2D eigenvalue weighted by atomic mass is 10.1. The number of nitrogens with one attached hydrogen (secondary N) is 1. The fraction of sp³-hybridized carbons (Fsp3) is 0.389. The Morgan fingerprint density at radius 1 is 1.08 bits per heavy atom. The second-order valence-electron chi connectivity index (χ2n) is 6.51. The second-order valence-corrected chi connectivity index (χ2v) is 8.13. The van der Waals surface area contributed by atoms with Gasteiger partial charge in [0.1, 0.15) is 12.4 Å². The van der Waals surface area contributed by atoms with Gasteiger partial charge in [0.05, 0.1) is 6.61 Å². The fourth-order valence-electron chi connectivity index (χ4n) is 2.21. The van der Waals surface area contributed by atoms with Gasteiger partial charge in [0.15, 0.2) is 4.90 Å². The lowest BCUT2D eigenvalue weighted by Gasteiger charge is -2.22. The van der Waals surface area contributed by atoms with Crippen LogP contribution in [0.25, 0.3) is 0 Å². The van der Waals surface area contributed by atoms with Gasteiger partial charge in [0.2, 0.25) is 15.9 Å². The number of hydrogen-bond acceptors (Lipinski definition) is 5. The number of rotatable bonds is 7. The monoisotopic (exact) mass is 364 g/mol. The fourth-order valence-corrected chi connectivity index (χ4v) is 3.85. The van der Waals surface area contributed by atoms with Crippen molar-refractivity contribution in [2.45, 2.75) is 44.7 Å². The maximum Gasteiger partial charge on any atom is 0.250 e. The molecule has 0 unspecified atom stereocenters. The molecule has 6 nitrogen and oxygen atoms in total. The Morgan fingerprint density at radius 2 is 1.76 bits per heavy atom. The molecule has 0 atom stereocenters. The SMILES string of the molecule is CCOc1ccnc(OCc2ccccc2)c1S(=O)(=O)NC(C)(C)C. The molecule has 1 heterocycles. The van der Waals surface area contributed by atoms with Gasteiger partial charge in [-0.3, -0.25) is 0 Å². The van der Waals surface area contributed by atoms with Crippen LogP contribution in [0.2, 0.25) is 0 Å². The molecule has 0 spiro atoms. The quantitative estimate of drug-likeness (QED) is 0.817. The molecule has 0 saturated carbocycles. The van der Waals surface area contributed by atoms with E-state index in [-0.39, 0.29) is 23.1 Å². The number of pyridine rings is 1. The molecule has 0 amide bonds. The molecule has 0 aliphatic heterocycles. The molecule has 2 rings (SSSR count). The molecule has 0 fully saturated rings. The van der Waals surface area contributed by atoms with E-state index in [0.717, 1.165) is 5.56 Å². The number of hydrogen-bond donors (Lipinski definition) is 1. The Morgan fingerprint density at radius 3 is 2.36 bits per heavy atom. The van der Waals surface area contributed by atoms with E-state index in [0.29, 0.717) is 6.61 Å². The van der Waals surface area contributed by atoms with Crippen LogP contribution in [-0.4, -0.2) is 25.5 Å². The number of benzene rings is 1. The van der Waals surface area contributed by atoms with Crippen LogP contribution < -0.4 is 14.2 Å². The van der Waals surface area contributed by atoms with Gasteiger partial charge < -0.3 is 9.47 Å². The van der Waals surface area contributed by atoms with E-state index in [1.54, 1.807) is 27.7 Å². The first-order chi connectivity index (χ1) is 11.7. The summed E-state index contributed by atoms with van der Waals surface area (Å²) in [6.45, 7) is 7.64. The van der Waals surface area contributed by atoms with Gasteiger partial charge in [-0.1, -0.05) is 30.3 Å². The van der Waals surface area contributed by atoms with E-state index in [2.05, 4.69) is 9.71 Å². The Kier molecular flexibility index (Phi) is 6.02. The minimum atomic E-state index is -3.87. The van der Waals surface area contributed by atoms with Gasteiger partial charge >= 0.3 is 0 Å². The summed E-state index contributed by atoms with van der Waals surface area (Å²) in [6.07, 6.45) is 1.47. The lowest BCUT2D eigenvalue weighted by Crippen LogP contribution is -2.40. The third kappa shape index (κ3) is 5.44. The van der Waals surface area contributed by atoms with Crippen LogP contribution in [-0.2, 0) is 16.6 Å². The summed E-state index contributed by atoms with van der Waals surface area (Å²) in [5, 5.41) is 0. The molecule has 1 aromatic carbocycles. The lowest BCUT2D eigenvalue weighted by molar-refractivity contribution is 0.273. The van der Waals surface area contributed by atoms with Crippen molar-refractivity contribution in [3.63, 3.8) is 0 Å². The Balaban J connectivity index is 2.40. The highest BCUT2D eigenvalue weighted by Crippen LogP contribution is 2.32. The van der Waals surface area contributed by atoms with Crippen molar-refractivity contribution >= 4 is 10.0 Å². The molecule has 0 aliphatic carbocycles. The standard InChI is InChI=1S/C18H24N2O4S/c1-5-23-15-11-12-19-17(24-13-14-9-7-6-8-10-14)16(15)25(21,22)20-18(2,3)4/h6-12,20H,5,13H2,1-4H3. The van der Waals surface area contributed by atoms with Crippen molar-refractivity contribution < 1.29 is 17.9 Å². The number of ether oxygens (including phenoxy) is 2. The summed E-state index contributed by atoms with van der Waals surface area (Å²) in [6, 6.07) is 11.0. The van der Waals surface area contributed by atoms with Crippen molar-refractivity contribution in [2.75, 3.05) is 6.61 Å². The molecule has 1 N–H and O–H groups in total. The minimum Gasteiger partial charge on any atom is -0.492 e. The van der Waals surface area contributed by atoms with Gasteiger partial charge in [-0.25, -0.2) is 18.1 Å². The summed E-state index contributed by atoms with van der Waals surface area (Å²) < 4.78 is 39.5. The average molecular weight is 364 g/mol. The molecule has 0 aliphatic rings. The number of aromatic nitrogens is 1. The Labute approximate surface area is 149 Å². The van der Waals surface area contributed by atoms with Gasteiger partial charge in [-0.2, -0.15) is 0 Å². The summed E-state index contributed by atoms with van der Waals surface area (Å²) >= 11 is 0. The van der Waals surface area contributed by atoms with Crippen LogP contribution >= 0.6 is 0 Å². The highest BCUT2D eigenvalue weighted by molar-refractivity contribution is 7.89. The normalized spacial score (nSPS) is 12.0. The topological polar surface area (TPSA) is 77.5 Å². The van der Waals surface area contributed by atoms with Crippen molar-refractivity contribution in [1.29, 1.82) is 0 Å². The summed E-state index contributed by atoms with van der Waals surface area (Å²) in [4.78, 5) is 4.03. The van der Waals surface area contributed by atoms with Gasteiger partial charge in [-0.05, 0) is 33.3 Å². The van der Waals surface area contributed by atoms with E-state index in [9.17, 15) is 8.42 Å². The van der Waals surface area contributed by atoms with Crippen LogP contribution in [0.4, 0.5) is 0 Å². The molecule has 1 aromatic heterocycles. The van der Waals surface area contributed by atoms with E-state index >= 15 is 0 Å².